The molecule has 1 aromatic carbocycles. The van der Waals surface area contributed by atoms with Gasteiger partial charge in [-0.05, 0) is 30.7 Å². The maximum atomic E-state index is 12.4. The van der Waals surface area contributed by atoms with Crippen LogP contribution in [0.3, 0.4) is 0 Å². The Hall–Kier alpha value is -3.46. The fourth-order valence-electron chi connectivity index (χ4n) is 3.24. The van der Waals surface area contributed by atoms with Crippen molar-refractivity contribution < 1.29 is 9.53 Å². The van der Waals surface area contributed by atoms with Crippen molar-refractivity contribution >= 4 is 17.4 Å². The molecule has 1 aliphatic heterocycles. The maximum Gasteiger partial charge on any atom is 0.278 e. The molecule has 2 aromatic heterocycles. The maximum absolute atomic E-state index is 12.4. The number of carbonyl (C=O) groups excluding carboxylic acids is 1. The Morgan fingerprint density at radius 2 is 2.21 bits per heavy atom. The Bertz CT molecular complexity index is 984. The highest BCUT2D eigenvalue weighted by atomic mass is 16.5. The number of hydrogen-bond acceptors (Lipinski definition) is 7. The van der Waals surface area contributed by atoms with Gasteiger partial charge in [-0.25, -0.2) is 9.97 Å². The first-order chi connectivity index (χ1) is 13.7. The molecule has 1 fully saturated rings. The van der Waals surface area contributed by atoms with E-state index in [2.05, 4.69) is 25.7 Å². The second-order valence-corrected chi connectivity index (χ2v) is 6.52. The second kappa shape index (κ2) is 7.65. The summed E-state index contributed by atoms with van der Waals surface area (Å²) in [5, 5.41) is 10.7. The number of amides is 1. The molecule has 0 spiro atoms. The number of benzene rings is 1. The largest absolute Gasteiger partial charge is 0.497 e. The third-order valence-electron chi connectivity index (χ3n) is 4.76. The number of nitrogens with one attached hydrogen (secondary N) is 2. The molecule has 9 heteroatoms. The minimum atomic E-state index is -0.426. The zero-order valence-electron chi connectivity index (χ0n) is 15.4. The number of methoxy groups -OCH3 is 1. The van der Waals surface area contributed by atoms with Crippen molar-refractivity contribution in [2.75, 3.05) is 24.7 Å². The molecule has 3 aromatic rings. The Kier molecular flexibility index (Phi) is 4.90. The standard InChI is InChI=1S/C19H21N7O2/c1-28-14-4-2-3-12(9-14)17(15-5-6-21-15)26-11-13(10-24-26)25-19(27)16-18(20)23-8-7-22-16/h2-4,7-11,15,17,21H,5-6H2,1H3,(H2,20,23)(H,25,27)/t15-,17?/m1/s1. The topological polar surface area (TPSA) is 120 Å². The van der Waals surface area contributed by atoms with Crippen molar-refractivity contribution in [3.8, 4) is 5.75 Å². The van der Waals surface area contributed by atoms with Crippen LogP contribution in [-0.2, 0) is 0 Å². The van der Waals surface area contributed by atoms with Gasteiger partial charge in [-0.1, -0.05) is 12.1 Å². The Balaban J connectivity index is 1.58. The van der Waals surface area contributed by atoms with E-state index in [-0.39, 0.29) is 23.6 Å². The molecule has 4 N–H and O–H groups in total. The summed E-state index contributed by atoms with van der Waals surface area (Å²) < 4.78 is 7.21. The highest BCUT2D eigenvalue weighted by Gasteiger charge is 2.30. The molecule has 1 saturated heterocycles. The summed E-state index contributed by atoms with van der Waals surface area (Å²) in [4.78, 5) is 20.3. The molecule has 4 rings (SSSR count). The van der Waals surface area contributed by atoms with Crippen molar-refractivity contribution in [2.45, 2.75) is 18.5 Å². The van der Waals surface area contributed by atoms with E-state index in [9.17, 15) is 4.79 Å². The van der Waals surface area contributed by atoms with Crippen LogP contribution in [-0.4, -0.2) is 45.4 Å². The summed E-state index contributed by atoms with van der Waals surface area (Å²) in [6.07, 6.45) is 7.31. The smallest absolute Gasteiger partial charge is 0.278 e. The van der Waals surface area contributed by atoms with Crippen LogP contribution in [0, 0.1) is 0 Å². The number of aromatic nitrogens is 4. The number of anilines is 2. The molecule has 3 heterocycles. The lowest BCUT2D eigenvalue weighted by atomic mass is 9.92. The lowest BCUT2D eigenvalue weighted by Gasteiger charge is -2.35. The van der Waals surface area contributed by atoms with Gasteiger partial charge in [0.15, 0.2) is 11.5 Å². The number of ether oxygens (including phenoxy) is 1. The number of hydrogen-bond donors (Lipinski definition) is 3. The summed E-state index contributed by atoms with van der Waals surface area (Å²) in [5.74, 6) is 0.450. The minimum absolute atomic E-state index is 0.0175. The van der Waals surface area contributed by atoms with Gasteiger partial charge in [0.1, 0.15) is 5.75 Å². The third kappa shape index (κ3) is 3.52. The highest BCUT2D eigenvalue weighted by molar-refractivity contribution is 6.05. The zero-order valence-corrected chi connectivity index (χ0v) is 15.4. The van der Waals surface area contributed by atoms with Crippen LogP contribution >= 0.6 is 0 Å². The number of carbonyl (C=O) groups is 1. The van der Waals surface area contributed by atoms with Crippen LogP contribution in [0.5, 0.6) is 5.75 Å². The highest BCUT2D eigenvalue weighted by Crippen LogP contribution is 2.30. The predicted octanol–water partition coefficient (Wildman–Crippen LogP) is 1.47. The predicted molar refractivity (Wildman–Crippen MR) is 104 cm³/mol. The normalized spacial score (nSPS) is 16.8. The summed E-state index contributed by atoms with van der Waals surface area (Å²) >= 11 is 0. The molecule has 0 saturated carbocycles. The molecule has 9 nitrogen and oxygen atoms in total. The van der Waals surface area contributed by atoms with Gasteiger partial charge in [0.2, 0.25) is 0 Å². The van der Waals surface area contributed by atoms with Crippen LogP contribution in [0.4, 0.5) is 11.5 Å². The Morgan fingerprint density at radius 3 is 2.93 bits per heavy atom. The molecule has 1 unspecified atom stereocenters. The average Bonchev–Trinajstić information content (AvgIpc) is 3.12. The van der Waals surface area contributed by atoms with E-state index < -0.39 is 5.91 Å². The second-order valence-electron chi connectivity index (χ2n) is 6.52. The molecule has 28 heavy (non-hydrogen) atoms. The molecule has 2 atom stereocenters. The summed E-state index contributed by atoms with van der Waals surface area (Å²) in [6.45, 7) is 0.974. The van der Waals surface area contributed by atoms with Crippen LogP contribution < -0.4 is 21.1 Å². The minimum Gasteiger partial charge on any atom is -0.497 e. The lowest BCUT2D eigenvalue weighted by Crippen LogP contribution is -2.49. The first kappa shape index (κ1) is 17.9. The molecule has 1 amide bonds. The fourth-order valence-corrected chi connectivity index (χ4v) is 3.24. The monoisotopic (exact) mass is 379 g/mol. The van der Waals surface area contributed by atoms with Gasteiger partial charge in [0.05, 0.1) is 25.0 Å². The summed E-state index contributed by atoms with van der Waals surface area (Å²) in [5.41, 5.74) is 7.44. The SMILES string of the molecule is COc1cccc(C([C@H]2CCN2)n2cc(NC(=O)c3nccnc3N)cn2)c1. The van der Waals surface area contributed by atoms with Gasteiger partial charge >= 0.3 is 0 Å². The molecule has 0 radical (unpaired) electrons. The van der Waals surface area contributed by atoms with Gasteiger partial charge in [-0.3, -0.25) is 9.48 Å². The molecule has 0 bridgehead atoms. The number of nitrogens with two attached hydrogens (primary N) is 1. The van der Waals surface area contributed by atoms with Crippen molar-refractivity contribution in [1.82, 2.24) is 25.1 Å². The molecule has 0 aliphatic carbocycles. The van der Waals surface area contributed by atoms with Crippen molar-refractivity contribution in [2.24, 2.45) is 0 Å². The van der Waals surface area contributed by atoms with Gasteiger partial charge in [0, 0.05) is 24.6 Å². The van der Waals surface area contributed by atoms with Crippen molar-refractivity contribution in [1.29, 1.82) is 0 Å². The van der Waals surface area contributed by atoms with E-state index in [1.165, 1.54) is 12.4 Å². The Labute approximate surface area is 161 Å². The number of nitrogen functional groups attached to an aromatic ring is 1. The van der Waals surface area contributed by atoms with Gasteiger partial charge in [0.25, 0.3) is 5.91 Å². The van der Waals surface area contributed by atoms with E-state index in [4.69, 9.17) is 10.5 Å². The van der Waals surface area contributed by atoms with E-state index in [1.807, 2.05) is 28.9 Å². The van der Waals surface area contributed by atoms with E-state index >= 15 is 0 Å². The van der Waals surface area contributed by atoms with Crippen LogP contribution in [0.25, 0.3) is 0 Å². The van der Waals surface area contributed by atoms with Gasteiger partial charge in [-0.15, -0.1) is 0 Å². The molecule has 144 valence electrons. The first-order valence-electron chi connectivity index (χ1n) is 8.95. The zero-order chi connectivity index (χ0) is 19.5. The van der Waals surface area contributed by atoms with E-state index in [0.29, 0.717) is 5.69 Å². The summed E-state index contributed by atoms with van der Waals surface area (Å²) in [6, 6.07) is 8.16. The lowest BCUT2D eigenvalue weighted by molar-refractivity contribution is 0.102. The van der Waals surface area contributed by atoms with Gasteiger partial charge < -0.3 is 21.1 Å². The van der Waals surface area contributed by atoms with E-state index in [0.717, 1.165) is 24.3 Å². The first-order valence-corrected chi connectivity index (χ1v) is 8.95. The van der Waals surface area contributed by atoms with E-state index in [1.54, 1.807) is 19.5 Å². The van der Waals surface area contributed by atoms with Gasteiger partial charge in [-0.2, -0.15) is 5.10 Å². The fraction of sp³-hybridized carbons (Fsp3) is 0.263. The van der Waals surface area contributed by atoms with Crippen molar-refractivity contribution in [3.05, 3.63) is 60.3 Å². The quantitative estimate of drug-likeness (QED) is 0.593. The van der Waals surface area contributed by atoms with Crippen LogP contribution in [0.1, 0.15) is 28.5 Å². The molecular formula is C19H21N7O2. The molecule has 1 aliphatic rings. The number of nitrogens with zero attached hydrogens (tertiary/aromatic N) is 4. The summed E-state index contributed by atoms with van der Waals surface area (Å²) in [7, 11) is 1.65. The number of rotatable bonds is 6. The third-order valence-corrected chi connectivity index (χ3v) is 4.76. The Morgan fingerprint density at radius 1 is 1.39 bits per heavy atom. The van der Waals surface area contributed by atoms with Crippen molar-refractivity contribution in [3.63, 3.8) is 0 Å². The molecular weight excluding hydrogens is 358 g/mol. The average molecular weight is 379 g/mol. The van der Waals surface area contributed by atoms with Crippen LogP contribution in [0.15, 0.2) is 49.1 Å². The van der Waals surface area contributed by atoms with Crippen LogP contribution in [0.2, 0.25) is 0 Å².